The maximum atomic E-state index is 13.2. The van der Waals surface area contributed by atoms with Gasteiger partial charge in [0.1, 0.15) is 11.9 Å². The summed E-state index contributed by atoms with van der Waals surface area (Å²) in [7, 11) is 0. The van der Waals surface area contributed by atoms with Crippen LogP contribution in [0.4, 0.5) is 0 Å². The number of hydrogen-bond acceptors (Lipinski definition) is 5. The lowest BCUT2D eigenvalue weighted by Crippen LogP contribution is -2.50. The Labute approximate surface area is 163 Å². The summed E-state index contributed by atoms with van der Waals surface area (Å²) in [4.78, 5) is 27.5. The lowest BCUT2D eigenvalue weighted by atomic mass is 9.93. The Morgan fingerprint density at radius 2 is 1.93 bits per heavy atom. The van der Waals surface area contributed by atoms with Gasteiger partial charge in [-0.15, -0.1) is 0 Å². The highest BCUT2D eigenvalue weighted by atomic mass is 16.2. The number of nitrogens with one attached hydrogen (secondary N) is 3. The van der Waals surface area contributed by atoms with Crippen LogP contribution >= 0.6 is 0 Å². The van der Waals surface area contributed by atoms with Crippen LogP contribution in [0.2, 0.25) is 0 Å². The molecule has 5 rings (SSSR count). The predicted octanol–water partition coefficient (Wildman–Crippen LogP) is 0.912. The van der Waals surface area contributed by atoms with Crippen LogP contribution in [0, 0.1) is 5.92 Å². The van der Waals surface area contributed by atoms with E-state index in [0.29, 0.717) is 24.3 Å². The highest BCUT2D eigenvalue weighted by molar-refractivity contribution is 5.83. The van der Waals surface area contributed by atoms with Crippen molar-refractivity contribution in [2.45, 2.75) is 50.1 Å². The second kappa shape index (κ2) is 7.18. The minimum Gasteiger partial charge on any atom is -0.341 e. The fraction of sp³-hybridized carbons (Fsp3) is 0.550. The Morgan fingerprint density at radius 1 is 1.07 bits per heavy atom. The summed E-state index contributed by atoms with van der Waals surface area (Å²) in [6.07, 6.45) is 5.27. The molecule has 28 heavy (non-hydrogen) atoms. The van der Waals surface area contributed by atoms with Gasteiger partial charge in [0.15, 0.2) is 0 Å². The van der Waals surface area contributed by atoms with E-state index in [9.17, 15) is 9.59 Å². The van der Waals surface area contributed by atoms with Crippen LogP contribution in [-0.2, 0) is 4.79 Å². The molecule has 0 bridgehead atoms. The molecule has 0 radical (unpaired) electrons. The monoisotopic (exact) mass is 382 g/mol. The molecular weight excluding hydrogens is 356 g/mol. The first-order chi connectivity index (χ1) is 13.7. The normalized spacial score (nSPS) is 29.8. The van der Waals surface area contributed by atoms with Gasteiger partial charge in [-0.25, -0.2) is 19.9 Å². The third-order valence-corrected chi connectivity index (χ3v) is 6.50. The van der Waals surface area contributed by atoms with E-state index in [0.717, 1.165) is 37.9 Å². The van der Waals surface area contributed by atoms with E-state index in [1.165, 1.54) is 6.42 Å². The van der Waals surface area contributed by atoms with Gasteiger partial charge in [-0.3, -0.25) is 10.2 Å². The summed E-state index contributed by atoms with van der Waals surface area (Å²) in [5, 5.41) is 6.91. The number of carbonyl (C=O) groups excluding carboxylic acids is 1. The van der Waals surface area contributed by atoms with Crippen molar-refractivity contribution in [3.8, 4) is 5.69 Å². The van der Waals surface area contributed by atoms with Crippen LogP contribution in [0.1, 0.15) is 43.8 Å². The summed E-state index contributed by atoms with van der Waals surface area (Å²) in [5.74, 6) is 1.33. The van der Waals surface area contributed by atoms with Gasteiger partial charge in [-0.05, 0) is 37.8 Å². The molecule has 3 fully saturated rings. The van der Waals surface area contributed by atoms with Crippen LogP contribution in [0.15, 0.2) is 35.1 Å². The van der Waals surface area contributed by atoms with E-state index in [2.05, 4.69) is 21.0 Å². The number of carbonyl (C=O) groups is 1. The van der Waals surface area contributed by atoms with Crippen LogP contribution in [0.25, 0.3) is 5.69 Å². The highest BCUT2D eigenvalue weighted by Crippen LogP contribution is 2.33. The number of para-hydroxylation sites is 1. The number of likely N-dealkylation sites (tertiary alicyclic amines) is 1. The van der Waals surface area contributed by atoms with E-state index in [1.54, 1.807) is 4.57 Å². The molecule has 1 saturated carbocycles. The van der Waals surface area contributed by atoms with E-state index in [4.69, 9.17) is 0 Å². The van der Waals surface area contributed by atoms with Crippen molar-refractivity contribution in [2.75, 3.05) is 13.1 Å². The third-order valence-electron chi connectivity index (χ3n) is 6.50. The molecule has 148 valence electrons. The summed E-state index contributed by atoms with van der Waals surface area (Å²) in [6, 6.07) is 9.83. The van der Waals surface area contributed by atoms with Gasteiger partial charge in [0.05, 0.1) is 5.69 Å². The first-order valence-corrected chi connectivity index (χ1v) is 10.2. The minimum atomic E-state index is -0.236. The maximum absolute atomic E-state index is 13.2. The van der Waals surface area contributed by atoms with Crippen molar-refractivity contribution in [1.82, 2.24) is 30.5 Å². The number of amides is 1. The maximum Gasteiger partial charge on any atom is 0.347 e. The smallest absolute Gasteiger partial charge is 0.341 e. The lowest BCUT2D eigenvalue weighted by Gasteiger charge is -2.34. The topological polar surface area (TPSA) is 95.1 Å². The Balaban J connectivity index is 1.37. The van der Waals surface area contributed by atoms with Gasteiger partial charge in [0.2, 0.25) is 5.91 Å². The second-order valence-electron chi connectivity index (χ2n) is 8.15. The van der Waals surface area contributed by atoms with Gasteiger partial charge < -0.3 is 4.90 Å². The first-order valence-electron chi connectivity index (χ1n) is 10.2. The van der Waals surface area contributed by atoms with Crippen molar-refractivity contribution >= 4 is 5.91 Å². The summed E-state index contributed by atoms with van der Waals surface area (Å²) >= 11 is 0. The molecule has 8 nitrogen and oxygen atoms in total. The van der Waals surface area contributed by atoms with Crippen LogP contribution < -0.4 is 16.5 Å². The summed E-state index contributed by atoms with van der Waals surface area (Å²) in [6.45, 7) is 1.37. The van der Waals surface area contributed by atoms with E-state index < -0.39 is 0 Å². The van der Waals surface area contributed by atoms with E-state index in [1.807, 2.05) is 35.2 Å². The van der Waals surface area contributed by atoms with Gasteiger partial charge in [0.25, 0.3) is 0 Å². The zero-order chi connectivity index (χ0) is 19.1. The number of aromatic amines is 1. The molecule has 3 N–H and O–H groups in total. The molecule has 2 aromatic rings. The van der Waals surface area contributed by atoms with Crippen molar-refractivity contribution in [3.63, 3.8) is 0 Å². The molecule has 2 saturated heterocycles. The number of aromatic nitrogens is 3. The average Bonchev–Trinajstić information content (AvgIpc) is 3.44. The van der Waals surface area contributed by atoms with Crippen LogP contribution in [0.3, 0.4) is 0 Å². The number of piperidine rings is 1. The first kappa shape index (κ1) is 17.6. The molecule has 8 heteroatoms. The quantitative estimate of drug-likeness (QED) is 0.734. The number of nitrogens with zero attached hydrogens (tertiary/aromatic N) is 3. The minimum absolute atomic E-state index is 0.0468. The molecule has 4 atom stereocenters. The Bertz CT molecular complexity index is 907. The molecule has 0 spiro atoms. The van der Waals surface area contributed by atoms with Crippen LogP contribution in [0.5, 0.6) is 0 Å². The predicted molar refractivity (Wildman–Crippen MR) is 104 cm³/mol. The number of benzene rings is 1. The van der Waals surface area contributed by atoms with Crippen molar-refractivity contribution in [2.24, 2.45) is 5.92 Å². The van der Waals surface area contributed by atoms with E-state index in [-0.39, 0.29) is 23.6 Å². The van der Waals surface area contributed by atoms with Crippen molar-refractivity contribution in [3.05, 3.63) is 46.6 Å². The number of rotatable bonds is 3. The molecule has 3 heterocycles. The largest absolute Gasteiger partial charge is 0.347 e. The Kier molecular flexibility index (Phi) is 4.52. The number of hydrogen-bond donors (Lipinski definition) is 3. The number of fused-ring (bicyclic) bond motifs is 1. The van der Waals surface area contributed by atoms with Gasteiger partial charge in [0, 0.05) is 31.0 Å². The average molecular weight is 382 g/mol. The fourth-order valence-corrected chi connectivity index (χ4v) is 5.11. The number of H-pyrrole nitrogens is 1. The fourth-order valence-electron chi connectivity index (χ4n) is 5.11. The Hall–Kier alpha value is -2.45. The van der Waals surface area contributed by atoms with Crippen LogP contribution in [-0.4, -0.2) is 50.7 Å². The van der Waals surface area contributed by atoms with Crippen molar-refractivity contribution in [1.29, 1.82) is 0 Å². The zero-order valence-corrected chi connectivity index (χ0v) is 15.8. The molecule has 2 aliphatic heterocycles. The Morgan fingerprint density at radius 3 is 2.79 bits per heavy atom. The van der Waals surface area contributed by atoms with Gasteiger partial charge in [-0.1, -0.05) is 24.6 Å². The molecule has 1 aliphatic carbocycles. The summed E-state index contributed by atoms with van der Waals surface area (Å²) < 4.78 is 1.64. The number of hydrazine groups is 1. The molecule has 3 aliphatic rings. The molecular formula is C20H26N6O2. The molecule has 1 amide bonds. The standard InChI is InChI=1S/C20H26N6O2/c27-19(17-15-9-4-10-16(15)21-22-17)25-11-5-6-13(12-25)18-23-24-20(28)26(18)14-7-2-1-3-8-14/h1-3,7-8,13,15-17,21-22H,4-6,9-12H2,(H,24,28). The van der Waals surface area contributed by atoms with Crippen molar-refractivity contribution < 1.29 is 4.79 Å². The SMILES string of the molecule is O=C(C1NNC2CCCC21)N1CCCC(c2n[nH]c(=O)n2-c2ccccc2)C1. The molecule has 1 aromatic heterocycles. The second-order valence-corrected chi connectivity index (χ2v) is 8.15. The highest BCUT2D eigenvalue weighted by Gasteiger charge is 2.44. The van der Waals surface area contributed by atoms with Gasteiger partial charge >= 0.3 is 5.69 Å². The van der Waals surface area contributed by atoms with E-state index >= 15 is 0 Å². The third kappa shape index (κ3) is 2.97. The summed E-state index contributed by atoms with van der Waals surface area (Å²) in [5.41, 5.74) is 7.10. The molecule has 1 aromatic carbocycles. The zero-order valence-electron chi connectivity index (χ0n) is 15.8. The van der Waals surface area contributed by atoms with Gasteiger partial charge in [-0.2, -0.15) is 5.10 Å². The lowest BCUT2D eigenvalue weighted by molar-refractivity contribution is -0.135. The molecule has 4 unspecified atom stereocenters.